The number of rotatable bonds is 6. The lowest BCUT2D eigenvalue weighted by Gasteiger charge is -2.09. The van der Waals surface area contributed by atoms with Gasteiger partial charge in [0.25, 0.3) is 0 Å². The molecule has 0 spiro atoms. The molecular weight excluding hydrogens is 392 g/mol. The molecule has 0 aliphatic heterocycles. The second-order valence-corrected chi connectivity index (χ2v) is 6.63. The summed E-state index contributed by atoms with van der Waals surface area (Å²) < 4.78 is 5.83. The number of carbonyl (C=O) groups excluding carboxylic acids is 2. The molecule has 0 bridgehead atoms. The molecule has 0 saturated carbocycles. The molecule has 2 amide bonds. The van der Waals surface area contributed by atoms with E-state index in [9.17, 15) is 9.59 Å². The van der Waals surface area contributed by atoms with Crippen molar-refractivity contribution in [3.8, 4) is 11.8 Å². The number of hydrogen-bond acceptors (Lipinski definition) is 5. The molecule has 3 aromatic carbocycles. The quantitative estimate of drug-likeness (QED) is 0.367. The molecule has 3 rings (SSSR count). The highest BCUT2D eigenvalue weighted by molar-refractivity contribution is 6.39. The van der Waals surface area contributed by atoms with E-state index in [1.807, 2.05) is 49.4 Å². The van der Waals surface area contributed by atoms with E-state index >= 15 is 0 Å². The Balaban J connectivity index is 1.52. The largest absolute Gasteiger partial charge is 0.489 e. The zero-order valence-electron chi connectivity index (χ0n) is 16.8. The average Bonchev–Trinajstić information content (AvgIpc) is 2.79. The molecule has 2 N–H and O–H groups in total. The Bertz CT molecular complexity index is 1150. The number of nitrogens with one attached hydrogen (secondary N) is 2. The standard InChI is InChI=1S/C24H20N4O3/c1-17-5-2-3-7-20(17)16-31-22-8-4-6-19(13-22)15-26-28-24(30)23(29)27-21-11-9-18(14-25)10-12-21/h2-13,15H,16H2,1H3,(H,27,29)(H,28,30)/b26-15+. The third kappa shape index (κ3) is 6.27. The summed E-state index contributed by atoms with van der Waals surface area (Å²) in [4.78, 5) is 23.8. The van der Waals surface area contributed by atoms with Crippen LogP contribution in [-0.4, -0.2) is 18.0 Å². The topological polar surface area (TPSA) is 104 Å². The van der Waals surface area contributed by atoms with Crippen LogP contribution in [0.25, 0.3) is 0 Å². The summed E-state index contributed by atoms with van der Waals surface area (Å²) in [6, 6.07) is 23.4. The highest BCUT2D eigenvalue weighted by Crippen LogP contribution is 2.16. The predicted octanol–water partition coefficient (Wildman–Crippen LogP) is 3.53. The second kappa shape index (κ2) is 10.4. The van der Waals surface area contributed by atoms with Crippen LogP contribution >= 0.6 is 0 Å². The van der Waals surface area contributed by atoms with E-state index in [2.05, 4.69) is 15.8 Å². The minimum absolute atomic E-state index is 0.404. The van der Waals surface area contributed by atoms with Crippen molar-refractivity contribution in [2.75, 3.05) is 5.32 Å². The van der Waals surface area contributed by atoms with E-state index in [-0.39, 0.29) is 0 Å². The van der Waals surface area contributed by atoms with E-state index in [1.165, 1.54) is 18.3 Å². The van der Waals surface area contributed by atoms with E-state index in [4.69, 9.17) is 10.00 Å². The number of nitriles is 1. The summed E-state index contributed by atoms with van der Waals surface area (Å²) in [5.41, 5.74) is 6.00. The van der Waals surface area contributed by atoms with Crippen molar-refractivity contribution in [2.45, 2.75) is 13.5 Å². The number of hydrogen-bond donors (Lipinski definition) is 2. The first-order valence-corrected chi connectivity index (χ1v) is 9.47. The molecule has 154 valence electrons. The highest BCUT2D eigenvalue weighted by Gasteiger charge is 2.12. The Kier molecular flexibility index (Phi) is 7.12. The Morgan fingerprint density at radius 1 is 1.03 bits per heavy atom. The van der Waals surface area contributed by atoms with E-state index < -0.39 is 11.8 Å². The lowest BCUT2D eigenvalue weighted by molar-refractivity contribution is -0.136. The molecule has 0 aromatic heterocycles. The van der Waals surface area contributed by atoms with Crippen molar-refractivity contribution in [2.24, 2.45) is 5.10 Å². The number of ether oxygens (including phenoxy) is 1. The molecule has 0 fully saturated rings. The molecule has 7 nitrogen and oxygen atoms in total. The van der Waals surface area contributed by atoms with Gasteiger partial charge >= 0.3 is 11.8 Å². The number of anilines is 1. The molecular formula is C24H20N4O3. The molecule has 3 aromatic rings. The SMILES string of the molecule is Cc1ccccc1COc1cccc(/C=N/NC(=O)C(=O)Nc2ccc(C#N)cc2)c1. The number of amides is 2. The van der Waals surface area contributed by atoms with Gasteiger partial charge in [0.05, 0.1) is 17.8 Å². The van der Waals surface area contributed by atoms with Gasteiger partial charge in [-0.2, -0.15) is 10.4 Å². The van der Waals surface area contributed by atoms with Crippen LogP contribution < -0.4 is 15.5 Å². The highest BCUT2D eigenvalue weighted by atomic mass is 16.5. The van der Waals surface area contributed by atoms with Gasteiger partial charge in [0, 0.05) is 5.69 Å². The molecule has 0 unspecified atom stereocenters. The number of carbonyl (C=O) groups is 2. The van der Waals surface area contributed by atoms with Crippen molar-refractivity contribution in [3.05, 3.63) is 95.1 Å². The van der Waals surface area contributed by atoms with Gasteiger partial charge in [0.2, 0.25) is 0 Å². The van der Waals surface area contributed by atoms with E-state index in [0.717, 1.165) is 11.1 Å². The zero-order chi connectivity index (χ0) is 22.1. The summed E-state index contributed by atoms with van der Waals surface area (Å²) >= 11 is 0. The fraction of sp³-hybridized carbons (Fsp3) is 0.0833. The van der Waals surface area contributed by atoms with Crippen LogP contribution in [-0.2, 0) is 16.2 Å². The van der Waals surface area contributed by atoms with Crippen LogP contribution in [0.2, 0.25) is 0 Å². The predicted molar refractivity (Wildman–Crippen MR) is 117 cm³/mol. The summed E-state index contributed by atoms with van der Waals surface area (Å²) in [6.07, 6.45) is 1.42. The van der Waals surface area contributed by atoms with Crippen molar-refractivity contribution in [1.29, 1.82) is 5.26 Å². The summed E-state index contributed by atoms with van der Waals surface area (Å²) in [7, 11) is 0. The van der Waals surface area contributed by atoms with Gasteiger partial charge in [-0.25, -0.2) is 5.43 Å². The number of benzene rings is 3. The van der Waals surface area contributed by atoms with Gasteiger partial charge in [-0.15, -0.1) is 0 Å². The van der Waals surface area contributed by atoms with Crippen LogP contribution in [0.5, 0.6) is 5.75 Å². The third-order valence-electron chi connectivity index (χ3n) is 4.37. The van der Waals surface area contributed by atoms with Gasteiger partial charge < -0.3 is 10.1 Å². The maximum Gasteiger partial charge on any atom is 0.329 e. The first-order chi connectivity index (χ1) is 15.0. The van der Waals surface area contributed by atoms with Gasteiger partial charge in [-0.3, -0.25) is 9.59 Å². The molecule has 0 atom stereocenters. The minimum Gasteiger partial charge on any atom is -0.489 e. The first-order valence-electron chi connectivity index (χ1n) is 9.47. The Labute approximate surface area is 180 Å². The normalized spacial score (nSPS) is 10.3. The zero-order valence-corrected chi connectivity index (χ0v) is 16.8. The fourth-order valence-corrected chi connectivity index (χ4v) is 2.65. The summed E-state index contributed by atoms with van der Waals surface area (Å²) in [5.74, 6) is -1.11. The van der Waals surface area contributed by atoms with Crippen LogP contribution in [0.4, 0.5) is 5.69 Å². The van der Waals surface area contributed by atoms with Crippen molar-refractivity contribution < 1.29 is 14.3 Å². The molecule has 0 saturated heterocycles. The monoisotopic (exact) mass is 412 g/mol. The molecule has 0 heterocycles. The smallest absolute Gasteiger partial charge is 0.329 e. The summed E-state index contributed by atoms with van der Waals surface area (Å²) in [6.45, 7) is 2.47. The average molecular weight is 412 g/mol. The van der Waals surface area contributed by atoms with Gasteiger partial charge in [0.1, 0.15) is 12.4 Å². The Hall–Kier alpha value is -4.44. The maximum atomic E-state index is 11.9. The van der Waals surface area contributed by atoms with Crippen LogP contribution in [0, 0.1) is 18.3 Å². The van der Waals surface area contributed by atoms with Crippen molar-refractivity contribution >= 4 is 23.7 Å². The number of nitrogens with zero attached hydrogens (tertiary/aromatic N) is 2. The van der Waals surface area contributed by atoms with Crippen LogP contribution in [0.3, 0.4) is 0 Å². The molecule has 0 radical (unpaired) electrons. The van der Waals surface area contributed by atoms with Crippen LogP contribution in [0.15, 0.2) is 77.9 Å². The molecule has 7 heteroatoms. The van der Waals surface area contributed by atoms with E-state index in [0.29, 0.717) is 29.2 Å². The number of hydrazone groups is 1. The van der Waals surface area contributed by atoms with Crippen molar-refractivity contribution in [1.82, 2.24) is 5.43 Å². The van der Waals surface area contributed by atoms with Crippen molar-refractivity contribution in [3.63, 3.8) is 0 Å². The Morgan fingerprint density at radius 3 is 2.55 bits per heavy atom. The first kappa shape index (κ1) is 21.3. The van der Waals surface area contributed by atoms with Gasteiger partial charge in [0.15, 0.2) is 0 Å². The lowest BCUT2D eigenvalue weighted by Crippen LogP contribution is -2.32. The number of aryl methyl sites for hydroxylation is 1. The van der Waals surface area contributed by atoms with Crippen LogP contribution in [0.1, 0.15) is 22.3 Å². The van der Waals surface area contributed by atoms with Gasteiger partial charge in [-0.05, 0) is 60.0 Å². The molecule has 0 aliphatic carbocycles. The third-order valence-corrected chi connectivity index (χ3v) is 4.37. The summed E-state index contributed by atoms with van der Waals surface area (Å²) in [5, 5.41) is 15.0. The van der Waals surface area contributed by atoms with E-state index in [1.54, 1.807) is 24.3 Å². The molecule has 0 aliphatic rings. The lowest BCUT2D eigenvalue weighted by atomic mass is 10.1. The minimum atomic E-state index is -0.910. The molecule has 31 heavy (non-hydrogen) atoms. The second-order valence-electron chi connectivity index (χ2n) is 6.63. The Morgan fingerprint density at radius 2 is 1.81 bits per heavy atom. The maximum absolute atomic E-state index is 11.9. The van der Waals surface area contributed by atoms with Gasteiger partial charge in [-0.1, -0.05) is 36.4 Å². The fourth-order valence-electron chi connectivity index (χ4n) is 2.65.